The first kappa shape index (κ1) is 14.4. The third-order valence-corrected chi connectivity index (χ3v) is 3.13. The maximum atomic E-state index is 12.4. The Bertz CT molecular complexity index is 491. The van der Waals surface area contributed by atoms with Gasteiger partial charge in [-0.1, -0.05) is 0 Å². The maximum Gasteiger partial charge on any atom is 0.434 e. The molecule has 2 heterocycles. The SMILES string of the molecule is CC1CN(c2cnc(C(F)(F)F)cn2)CCN1C(=O)O. The molecule has 110 valence electrons. The number of rotatable bonds is 1. The molecule has 1 saturated heterocycles. The summed E-state index contributed by atoms with van der Waals surface area (Å²) in [6.07, 6.45) is -3.77. The van der Waals surface area contributed by atoms with Gasteiger partial charge in [0.05, 0.1) is 12.4 Å². The Morgan fingerprint density at radius 1 is 1.35 bits per heavy atom. The molecule has 20 heavy (non-hydrogen) atoms. The second-order valence-corrected chi connectivity index (χ2v) is 4.53. The summed E-state index contributed by atoms with van der Waals surface area (Å²) in [6.45, 7) is 2.75. The summed E-state index contributed by atoms with van der Waals surface area (Å²) in [7, 11) is 0. The largest absolute Gasteiger partial charge is 0.465 e. The van der Waals surface area contributed by atoms with E-state index in [1.165, 1.54) is 4.90 Å². The normalized spacial score (nSPS) is 20.1. The zero-order chi connectivity index (χ0) is 14.9. The highest BCUT2D eigenvalue weighted by molar-refractivity contribution is 5.66. The van der Waals surface area contributed by atoms with Gasteiger partial charge in [-0.25, -0.2) is 14.8 Å². The molecule has 0 bridgehead atoms. The fourth-order valence-electron chi connectivity index (χ4n) is 2.08. The summed E-state index contributed by atoms with van der Waals surface area (Å²) in [5.74, 6) is 0.315. The number of alkyl halides is 3. The molecule has 1 aromatic rings. The molecule has 0 radical (unpaired) electrons. The van der Waals surface area contributed by atoms with Gasteiger partial charge in [0.25, 0.3) is 0 Å². The Morgan fingerprint density at radius 2 is 2.05 bits per heavy atom. The summed E-state index contributed by atoms with van der Waals surface area (Å²) < 4.78 is 37.1. The van der Waals surface area contributed by atoms with Gasteiger partial charge in [0.1, 0.15) is 5.82 Å². The molecule has 0 aliphatic carbocycles. The van der Waals surface area contributed by atoms with Crippen LogP contribution in [0.4, 0.5) is 23.8 Å². The number of aromatic nitrogens is 2. The number of halogens is 3. The van der Waals surface area contributed by atoms with E-state index in [-0.39, 0.29) is 12.6 Å². The van der Waals surface area contributed by atoms with E-state index in [2.05, 4.69) is 9.97 Å². The highest BCUT2D eigenvalue weighted by Crippen LogP contribution is 2.27. The van der Waals surface area contributed by atoms with Gasteiger partial charge in [-0.15, -0.1) is 0 Å². The fraction of sp³-hybridized carbons (Fsp3) is 0.545. The molecule has 2 rings (SSSR count). The van der Waals surface area contributed by atoms with Gasteiger partial charge in [0, 0.05) is 25.7 Å². The standard InChI is InChI=1S/C11H13F3N4O2/c1-7-6-17(2-3-18(7)10(19)20)9-5-15-8(4-16-9)11(12,13)14/h4-5,7H,2-3,6H2,1H3,(H,19,20). The van der Waals surface area contributed by atoms with Crippen molar-refractivity contribution in [3.63, 3.8) is 0 Å². The molecule has 1 aromatic heterocycles. The van der Waals surface area contributed by atoms with Crippen LogP contribution < -0.4 is 4.90 Å². The van der Waals surface area contributed by atoms with Crippen LogP contribution in [0.3, 0.4) is 0 Å². The Labute approximate surface area is 112 Å². The van der Waals surface area contributed by atoms with Gasteiger partial charge < -0.3 is 14.9 Å². The molecule has 1 N–H and O–H groups in total. The number of hydrogen-bond acceptors (Lipinski definition) is 4. The Balaban J connectivity index is 2.08. The van der Waals surface area contributed by atoms with Crippen molar-refractivity contribution in [3.05, 3.63) is 18.1 Å². The molecule has 1 amide bonds. The molecule has 0 spiro atoms. The van der Waals surface area contributed by atoms with E-state index in [0.29, 0.717) is 25.1 Å². The average molecular weight is 290 g/mol. The first-order chi connectivity index (χ1) is 9.29. The summed E-state index contributed by atoms with van der Waals surface area (Å²) in [4.78, 5) is 21.0. The molecule has 1 atom stereocenters. The van der Waals surface area contributed by atoms with Gasteiger partial charge in [0.2, 0.25) is 0 Å². The summed E-state index contributed by atoms with van der Waals surface area (Å²) in [5.41, 5.74) is -1.04. The number of carbonyl (C=O) groups is 1. The van der Waals surface area contributed by atoms with Crippen molar-refractivity contribution in [1.82, 2.24) is 14.9 Å². The Morgan fingerprint density at radius 3 is 2.50 bits per heavy atom. The molecule has 9 heteroatoms. The van der Waals surface area contributed by atoms with E-state index in [1.807, 2.05) is 0 Å². The zero-order valence-corrected chi connectivity index (χ0v) is 10.6. The molecular formula is C11H13F3N4O2. The van der Waals surface area contributed by atoms with E-state index >= 15 is 0 Å². The second-order valence-electron chi connectivity index (χ2n) is 4.53. The van der Waals surface area contributed by atoms with E-state index in [1.54, 1.807) is 11.8 Å². The van der Waals surface area contributed by atoms with Gasteiger partial charge in [-0.2, -0.15) is 13.2 Å². The predicted molar refractivity (Wildman–Crippen MR) is 63.4 cm³/mol. The summed E-state index contributed by atoms with van der Waals surface area (Å²) in [5, 5.41) is 8.95. The van der Waals surface area contributed by atoms with Crippen LogP contribution >= 0.6 is 0 Å². The topological polar surface area (TPSA) is 69.6 Å². The monoisotopic (exact) mass is 290 g/mol. The molecule has 1 aliphatic rings. The van der Waals surface area contributed by atoms with Crippen LogP contribution in [-0.2, 0) is 6.18 Å². The lowest BCUT2D eigenvalue weighted by atomic mass is 10.2. The number of amides is 1. The van der Waals surface area contributed by atoms with Gasteiger partial charge in [-0.05, 0) is 6.92 Å². The number of carboxylic acid groups (broad SMARTS) is 1. The zero-order valence-electron chi connectivity index (χ0n) is 10.6. The van der Waals surface area contributed by atoms with Crippen LogP contribution in [0, 0.1) is 0 Å². The number of hydrogen-bond donors (Lipinski definition) is 1. The third-order valence-electron chi connectivity index (χ3n) is 3.13. The molecule has 6 nitrogen and oxygen atoms in total. The molecule has 1 aliphatic heterocycles. The van der Waals surface area contributed by atoms with E-state index in [9.17, 15) is 18.0 Å². The van der Waals surface area contributed by atoms with Crippen molar-refractivity contribution in [2.45, 2.75) is 19.1 Å². The highest BCUT2D eigenvalue weighted by Gasteiger charge is 2.33. The number of anilines is 1. The minimum Gasteiger partial charge on any atom is -0.465 e. The molecule has 0 aromatic carbocycles. The van der Waals surface area contributed by atoms with Gasteiger partial charge >= 0.3 is 12.3 Å². The smallest absolute Gasteiger partial charge is 0.434 e. The van der Waals surface area contributed by atoms with Crippen molar-refractivity contribution in [3.8, 4) is 0 Å². The van der Waals surface area contributed by atoms with Crippen molar-refractivity contribution < 1.29 is 23.1 Å². The van der Waals surface area contributed by atoms with Crippen LogP contribution in [0.25, 0.3) is 0 Å². The second kappa shape index (κ2) is 5.14. The fourth-order valence-corrected chi connectivity index (χ4v) is 2.08. The first-order valence-corrected chi connectivity index (χ1v) is 5.93. The summed E-state index contributed by atoms with van der Waals surface area (Å²) >= 11 is 0. The van der Waals surface area contributed by atoms with Crippen LogP contribution in [0.1, 0.15) is 12.6 Å². The number of piperazine rings is 1. The van der Waals surface area contributed by atoms with Gasteiger partial charge in [-0.3, -0.25) is 0 Å². The van der Waals surface area contributed by atoms with Gasteiger partial charge in [0.15, 0.2) is 5.69 Å². The molecule has 1 unspecified atom stereocenters. The van der Waals surface area contributed by atoms with Crippen molar-refractivity contribution in [2.75, 3.05) is 24.5 Å². The van der Waals surface area contributed by atoms with Crippen LogP contribution in [0.15, 0.2) is 12.4 Å². The third kappa shape index (κ3) is 2.91. The predicted octanol–water partition coefficient (Wildman–Crippen LogP) is 1.68. The lowest BCUT2D eigenvalue weighted by Crippen LogP contribution is -2.54. The van der Waals surface area contributed by atoms with E-state index in [4.69, 9.17) is 5.11 Å². The van der Waals surface area contributed by atoms with E-state index in [0.717, 1.165) is 6.20 Å². The molecular weight excluding hydrogens is 277 g/mol. The van der Waals surface area contributed by atoms with Crippen molar-refractivity contribution >= 4 is 11.9 Å². The maximum absolute atomic E-state index is 12.4. The molecule has 1 fully saturated rings. The quantitative estimate of drug-likeness (QED) is 0.852. The Hall–Kier alpha value is -2.06. The minimum atomic E-state index is -4.51. The van der Waals surface area contributed by atoms with Crippen LogP contribution in [-0.4, -0.2) is 51.7 Å². The van der Waals surface area contributed by atoms with Crippen LogP contribution in [0.5, 0.6) is 0 Å². The van der Waals surface area contributed by atoms with Crippen molar-refractivity contribution in [1.29, 1.82) is 0 Å². The van der Waals surface area contributed by atoms with Crippen molar-refractivity contribution in [2.24, 2.45) is 0 Å². The number of nitrogens with zero attached hydrogens (tertiary/aromatic N) is 4. The molecule has 0 saturated carbocycles. The lowest BCUT2D eigenvalue weighted by Gasteiger charge is -2.38. The van der Waals surface area contributed by atoms with E-state index < -0.39 is 18.0 Å². The highest BCUT2D eigenvalue weighted by atomic mass is 19.4. The lowest BCUT2D eigenvalue weighted by molar-refractivity contribution is -0.141. The first-order valence-electron chi connectivity index (χ1n) is 5.93. The average Bonchev–Trinajstić information content (AvgIpc) is 2.37. The van der Waals surface area contributed by atoms with Crippen LogP contribution in [0.2, 0.25) is 0 Å². The summed E-state index contributed by atoms with van der Waals surface area (Å²) in [6, 6.07) is -0.259. The Kier molecular flexibility index (Phi) is 3.69. The minimum absolute atomic E-state index is 0.259.